The van der Waals surface area contributed by atoms with Crippen molar-refractivity contribution in [1.82, 2.24) is 0 Å². The van der Waals surface area contributed by atoms with Gasteiger partial charge >= 0.3 is 11.9 Å². The number of quaternary nitrogens is 1. The van der Waals surface area contributed by atoms with Gasteiger partial charge in [-0.1, -0.05) is 234 Å². The van der Waals surface area contributed by atoms with Gasteiger partial charge in [0.2, 0.25) is 0 Å². The van der Waals surface area contributed by atoms with Crippen molar-refractivity contribution < 1.29 is 42.9 Å². The Bertz CT molecular complexity index is 1380. The van der Waals surface area contributed by atoms with Gasteiger partial charge in [0.25, 0.3) is 0 Å². The second-order valence-corrected chi connectivity index (χ2v) is 20.2. The van der Waals surface area contributed by atoms with Crippen molar-refractivity contribution in [3.63, 3.8) is 0 Å². The monoisotopic (exact) mass is 982 g/mol. The fraction of sp³-hybridized carbons (Fsp3) is 0.754. The van der Waals surface area contributed by atoms with Crippen LogP contribution >= 0.6 is 0 Å². The molecule has 9 nitrogen and oxygen atoms in total. The second kappa shape index (κ2) is 52.1. The lowest BCUT2D eigenvalue weighted by molar-refractivity contribution is -0.870. The summed E-state index contributed by atoms with van der Waals surface area (Å²) in [7, 11) is 5.92. The van der Waals surface area contributed by atoms with E-state index in [4.69, 9.17) is 18.9 Å². The highest BCUT2D eigenvalue weighted by Crippen LogP contribution is 2.16. The van der Waals surface area contributed by atoms with Gasteiger partial charge in [0, 0.05) is 12.8 Å². The van der Waals surface area contributed by atoms with E-state index in [2.05, 4.69) is 86.8 Å². The number of aliphatic carboxylic acids is 1. The van der Waals surface area contributed by atoms with Gasteiger partial charge in [-0.3, -0.25) is 9.59 Å². The van der Waals surface area contributed by atoms with Gasteiger partial charge in [-0.2, -0.15) is 0 Å². The molecular weight excluding hydrogens is 875 g/mol. The summed E-state index contributed by atoms with van der Waals surface area (Å²) in [6.07, 6.45) is 63.7. The molecule has 0 spiro atoms. The lowest BCUT2D eigenvalue weighted by Gasteiger charge is -2.26. The second-order valence-electron chi connectivity index (χ2n) is 20.2. The normalized spacial score (nSPS) is 13.3. The number of allylic oxidation sites excluding steroid dienone is 12. The molecule has 0 aromatic heterocycles. The smallest absolute Gasteiger partial charge is 0.306 e. The summed E-state index contributed by atoms with van der Waals surface area (Å²) in [5, 5.41) is 11.8. The number of likely N-dealkylation sites (N-methyl/N-ethyl adjacent to an activating group) is 1. The first-order valence-corrected chi connectivity index (χ1v) is 28.6. The van der Waals surface area contributed by atoms with E-state index in [1.165, 1.54) is 128 Å². The minimum Gasteiger partial charge on any atom is -0.545 e. The summed E-state index contributed by atoms with van der Waals surface area (Å²) in [6, 6.07) is 0. The first-order valence-electron chi connectivity index (χ1n) is 28.6. The lowest BCUT2D eigenvalue weighted by atomic mass is 10.0. The molecule has 0 radical (unpaired) electrons. The van der Waals surface area contributed by atoms with Crippen LogP contribution in [0.3, 0.4) is 0 Å². The number of ether oxygens (including phenoxy) is 4. The topological polar surface area (TPSA) is 111 Å². The number of hydrogen-bond donors (Lipinski definition) is 0. The van der Waals surface area contributed by atoms with Crippen LogP contribution in [0.2, 0.25) is 0 Å². The molecule has 0 fully saturated rings. The fourth-order valence-corrected chi connectivity index (χ4v) is 7.83. The molecule has 404 valence electrons. The van der Waals surface area contributed by atoms with Crippen LogP contribution in [-0.4, -0.2) is 82.3 Å². The van der Waals surface area contributed by atoms with Crippen LogP contribution in [0.1, 0.15) is 239 Å². The van der Waals surface area contributed by atoms with E-state index in [0.717, 1.165) is 77.0 Å². The summed E-state index contributed by atoms with van der Waals surface area (Å²) in [5.74, 6) is -2.28. The zero-order valence-electron chi connectivity index (χ0n) is 45.9. The molecule has 0 aliphatic carbocycles. The van der Waals surface area contributed by atoms with Crippen molar-refractivity contribution in [2.24, 2.45) is 0 Å². The molecule has 0 aromatic rings. The van der Waals surface area contributed by atoms with Gasteiger partial charge in [0.1, 0.15) is 13.2 Å². The average molecular weight is 983 g/mol. The van der Waals surface area contributed by atoms with Crippen molar-refractivity contribution in [3.8, 4) is 0 Å². The first-order chi connectivity index (χ1) is 34.1. The summed E-state index contributed by atoms with van der Waals surface area (Å²) in [5.41, 5.74) is 0. The molecule has 0 heterocycles. The molecule has 9 heteroatoms. The third kappa shape index (κ3) is 52.6. The third-order valence-corrected chi connectivity index (χ3v) is 12.2. The molecule has 0 bridgehead atoms. The van der Waals surface area contributed by atoms with Gasteiger partial charge in [0.15, 0.2) is 12.4 Å². The van der Waals surface area contributed by atoms with Crippen LogP contribution in [-0.2, 0) is 33.3 Å². The van der Waals surface area contributed by atoms with E-state index < -0.39 is 24.3 Å². The number of carboxylic acids is 1. The maximum atomic E-state index is 12.8. The minimum atomic E-state index is -1.62. The maximum absolute atomic E-state index is 12.8. The highest BCUT2D eigenvalue weighted by Gasteiger charge is 2.22. The highest BCUT2D eigenvalue weighted by molar-refractivity contribution is 5.70. The largest absolute Gasteiger partial charge is 0.545 e. The van der Waals surface area contributed by atoms with E-state index in [9.17, 15) is 19.5 Å². The van der Waals surface area contributed by atoms with Crippen molar-refractivity contribution in [2.45, 2.75) is 251 Å². The predicted molar refractivity (Wildman–Crippen MR) is 292 cm³/mol. The summed E-state index contributed by atoms with van der Waals surface area (Å²) < 4.78 is 22.7. The Hall–Kier alpha value is -3.27. The summed E-state index contributed by atoms with van der Waals surface area (Å²) in [6.45, 7) is 4.64. The van der Waals surface area contributed by atoms with Crippen LogP contribution in [0, 0.1) is 0 Å². The number of esters is 2. The van der Waals surface area contributed by atoms with Gasteiger partial charge < -0.3 is 33.3 Å². The number of hydrogen-bond acceptors (Lipinski definition) is 8. The Kier molecular flexibility index (Phi) is 49.6. The molecule has 0 aromatic carbocycles. The molecule has 0 saturated heterocycles. The molecule has 2 unspecified atom stereocenters. The van der Waals surface area contributed by atoms with Crippen molar-refractivity contribution in [2.75, 3.05) is 47.5 Å². The Morgan fingerprint density at radius 3 is 1.21 bits per heavy atom. The van der Waals surface area contributed by atoms with Gasteiger partial charge in [-0.15, -0.1) is 0 Å². The number of carbonyl (C=O) groups is 3. The van der Waals surface area contributed by atoms with Crippen molar-refractivity contribution >= 4 is 17.9 Å². The quantitative estimate of drug-likeness (QED) is 0.0195. The maximum Gasteiger partial charge on any atom is 0.306 e. The van der Waals surface area contributed by atoms with E-state index >= 15 is 0 Å². The van der Waals surface area contributed by atoms with E-state index in [1.54, 1.807) is 0 Å². The van der Waals surface area contributed by atoms with Crippen molar-refractivity contribution in [3.05, 3.63) is 72.9 Å². The number of nitrogens with zero attached hydrogens (tertiary/aromatic N) is 1. The Morgan fingerprint density at radius 2 is 0.814 bits per heavy atom. The number of carbonyl (C=O) groups excluding carboxylic acids is 3. The highest BCUT2D eigenvalue weighted by atomic mass is 16.7. The molecule has 0 amide bonds. The molecule has 0 N–H and O–H groups in total. The van der Waals surface area contributed by atoms with E-state index in [1.807, 2.05) is 21.1 Å². The Morgan fingerprint density at radius 1 is 0.443 bits per heavy atom. The van der Waals surface area contributed by atoms with Gasteiger partial charge in [-0.25, -0.2) is 0 Å². The molecular formula is C61H107NO8. The lowest BCUT2D eigenvalue weighted by Crippen LogP contribution is -2.44. The third-order valence-electron chi connectivity index (χ3n) is 12.2. The number of carboxylic acid groups (broad SMARTS) is 1. The van der Waals surface area contributed by atoms with Crippen LogP contribution in [0.15, 0.2) is 72.9 Å². The zero-order valence-corrected chi connectivity index (χ0v) is 45.9. The van der Waals surface area contributed by atoms with E-state index in [-0.39, 0.29) is 32.2 Å². The SMILES string of the molecule is CC/C=C\C/C=C\C/C=C\C/C=C\C/C=C\C/C=C\CCCCCCCCCCCCCCC(=O)OC(COC(=O)CCCCCCCCCCCCCCCC)COC(OCC[N+](C)(C)C)C(=O)[O-]. The fourth-order valence-electron chi connectivity index (χ4n) is 7.83. The van der Waals surface area contributed by atoms with Crippen LogP contribution in [0.25, 0.3) is 0 Å². The summed E-state index contributed by atoms with van der Waals surface area (Å²) in [4.78, 5) is 37.2. The average Bonchev–Trinajstić information content (AvgIpc) is 3.33. The molecule has 2 atom stereocenters. The zero-order chi connectivity index (χ0) is 51.3. The van der Waals surface area contributed by atoms with E-state index in [0.29, 0.717) is 23.9 Å². The van der Waals surface area contributed by atoms with Crippen LogP contribution < -0.4 is 5.11 Å². The van der Waals surface area contributed by atoms with Crippen LogP contribution in [0.4, 0.5) is 0 Å². The van der Waals surface area contributed by atoms with Gasteiger partial charge in [-0.05, 0) is 64.2 Å². The summed E-state index contributed by atoms with van der Waals surface area (Å²) >= 11 is 0. The van der Waals surface area contributed by atoms with Gasteiger partial charge in [0.05, 0.1) is 40.3 Å². The first kappa shape index (κ1) is 66.7. The Labute approximate surface area is 430 Å². The number of unbranched alkanes of at least 4 members (excludes halogenated alkanes) is 25. The number of rotatable bonds is 52. The molecule has 0 aliphatic heterocycles. The van der Waals surface area contributed by atoms with Crippen LogP contribution in [0.5, 0.6) is 0 Å². The molecule has 70 heavy (non-hydrogen) atoms. The molecule has 0 aliphatic rings. The standard InChI is InChI=1S/C61H107NO8/c1-6-8-10-12-14-16-18-20-22-23-24-25-26-27-28-29-30-31-32-33-34-35-36-37-38-40-42-44-46-48-50-52-59(64)70-57(56-69-61(60(65)66)67-54-53-62(3,4)5)55-68-58(63)51-49-47-45-43-41-39-21-19-17-15-13-11-9-7-2/h8,10,14,16,20,22,24-25,27-28,30-31,57,61H,6-7,9,11-13,15,17-19,21,23,26,29,32-56H2,1-5H3/b10-8-,16-14-,22-20-,25-24-,28-27-,31-30-. The minimum absolute atomic E-state index is 0.146. The Balaban J connectivity index is 4.18. The molecule has 0 rings (SSSR count). The van der Waals surface area contributed by atoms with Crippen molar-refractivity contribution in [1.29, 1.82) is 0 Å². The predicted octanol–water partition coefficient (Wildman–Crippen LogP) is 15.3. The molecule has 0 saturated carbocycles.